The van der Waals surface area contributed by atoms with E-state index in [1.165, 1.54) is 38.0 Å². The molecule has 6 aromatic rings. The molecular formula is C36H60N16O. The zero-order valence-corrected chi connectivity index (χ0v) is 33.4. The predicted molar refractivity (Wildman–Crippen MR) is 213 cm³/mol. The monoisotopic (exact) mass is 733 g/mol. The minimum absolute atomic E-state index is 0.0432. The van der Waals surface area contributed by atoms with Gasteiger partial charge in [-0.3, -0.25) is 9.89 Å². The van der Waals surface area contributed by atoms with E-state index in [9.17, 15) is 4.79 Å². The summed E-state index contributed by atoms with van der Waals surface area (Å²) in [5.41, 5.74) is 1.63. The van der Waals surface area contributed by atoms with Crippen molar-refractivity contribution in [3.8, 4) is 0 Å². The van der Waals surface area contributed by atoms with Crippen LogP contribution in [0.1, 0.15) is 92.2 Å². The van der Waals surface area contributed by atoms with Gasteiger partial charge in [0, 0.05) is 68.6 Å². The third-order valence-electron chi connectivity index (χ3n) is 4.78. The molecule has 8 heterocycles. The maximum Gasteiger partial charge on any atom is 0.273 e. The van der Waals surface area contributed by atoms with Gasteiger partial charge in [-0.15, -0.1) is 0 Å². The maximum absolute atomic E-state index is 11.1. The number of hydrogen-bond donors (Lipinski definition) is 4. The van der Waals surface area contributed by atoms with Gasteiger partial charge in [-0.2, -0.15) is 5.10 Å². The van der Waals surface area contributed by atoms with Gasteiger partial charge < -0.3 is 20.2 Å². The Morgan fingerprint density at radius 2 is 1.28 bits per heavy atom. The number of aryl methyl sites for hydroxylation is 1. The van der Waals surface area contributed by atoms with Gasteiger partial charge in [0.15, 0.2) is 11.6 Å². The molecule has 0 aromatic carbocycles. The molecule has 17 nitrogen and oxygen atoms in total. The molecule has 2 aliphatic rings. The van der Waals surface area contributed by atoms with Crippen molar-refractivity contribution in [1.29, 1.82) is 0 Å². The zero-order valence-electron chi connectivity index (χ0n) is 33.4. The molecular weight excluding hydrogens is 673 g/mol. The molecule has 4 N–H and O–H groups in total. The number of H-pyrrole nitrogens is 2. The molecule has 53 heavy (non-hydrogen) atoms. The highest BCUT2D eigenvalue weighted by molar-refractivity contribution is 5.98. The SMILES string of the molecule is C1=Nc2ncncc2C1.CC.CC.CC.CC.CC.CC1NC(=O)c2[nH]cnc2N1.Cn1ccnc1.c1cncnc1.c1cncnc1.c1nc[nH]n1. The lowest BCUT2D eigenvalue weighted by atomic mass is 10.3. The van der Waals surface area contributed by atoms with Crippen LogP contribution >= 0.6 is 0 Å². The summed E-state index contributed by atoms with van der Waals surface area (Å²) in [6.07, 6.45) is 25.6. The number of hydrogen-bond acceptors (Lipinski definition) is 13. The molecule has 2 aliphatic heterocycles. The fourth-order valence-electron chi connectivity index (χ4n) is 2.93. The highest BCUT2D eigenvalue weighted by atomic mass is 16.2. The number of anilines is 1. The summed E-state index contributed by atoms with van der Waals surface area (Å²) in [6, 6.07) is 3.56. The van der Waals surface area contributed by atoms with Crippen LogP contribution < -0.4 is 10.6 Å². The molecule has 0 saturated heterocycles. The summed E-state index contributed by atoms with van der Waals surface area (Å²) in [7, 11) is 1.94. The number of carbonyl (C=O) groups is 1. The Hall–Kier alpha value is -6.26. The van der Waals surface area contributed by atoms with Gasteiger partial charge in [0.2, 0.25) is 0 Å². The Bertz CT molecular complexity index is 1450. The van der Waals surface area contributed by atoms with Crippen LogP contribution in [0.25, 0.3) is 0 Å². The van der Waals surface area contributed by atoms with E-state index in [2.05, 4.69) is 75.7 Å². The van der Waals surface area contributed by atoms with Crippen molar-refractivity contribution in [2.75, 3.05) is 5.32 Å². The van der Waals surface area contributed by atoms with Crippen LogP contribution in [0.2, 0.25) is 0 Å². The zero-order chi connectivity index (χ0) is 40.4. The number of imidazole rings is 2. The predicted octanol–water partition coefficient (Wildman–Crippen LogP) is 6.96. The smallest absolute Gasteiger partial charge is 0.273 e. The molecule has 0 spiro atoms. The average molecular weight is 733 g/mol. The largest absolute Gasteiger partial charge is 0.348 e. The maximum atomic E-state index is 11.1. The summed E-state index contributed by atoms with van der Waals surface area (Å²) in [5.74, 6) is 1.34. The van der Waals surface area contributed by atoms with Gasteiger partial charge in [0.05, 0.1) is 18.8 Å². The number of amides is 1. The van der Waals surface area contributed by atoms with Crippen molar-refractivity contribution in [3.05, 3.63) is 111 Å². The molecule has 17 heteroatoms. The first-order chi connectivity index (χ1) is 26.1. The van der Waals surface area contributed by atoms with Crippen molar-refractivity contribution in [2.45, 2.75) is 88.7 Å². The van der Waals surface area contributed by atoms with E-state index in [0.717, 1.165) is 17.8 Å². The van der Waals surface area contributed by atoms with Gasteiger partial charge >= 0.3 is 0 Å². The molecule has 0 fully saturated rings. The van der Waals surface area contributed by atoms with Gasteiger partial charge in [0.1, 0.15) is 37.3 Å². The lowest BCUT2D eigenvalue weighted by Gasteiger charge is -2.20. The Morgan fingerprint density at radius 3 is 1.66 bits per heavy atom. The number of fused-ring (bicyclic) bond motifs is 2. The Balaban J connectivity index is -0.000000549. The quantitative estimate of drug-likeness (QED) is 0.125. The van der Waals surface area contributed by atoms with E-state index in [1.807, 2.05) is 100 Å². The number of aromatic amines is 2. The fourth-order valence-corrected chi connectivity index (χ4v) is 2.93. The Kier molecular flexibility index (Phi) is 38.7. The van der Waals surface area contributed by atoms with Crippen LogP contribution in [-0.4, -0.2) is 82.9 Å². The molecule has 0 radical (unpaired) electrons. The molecule has 1 atom stereocenters. The molecule has 1 amide bonds. The third kappa shape index (κ3) is 27.2. The fraction of sp³-hybridized carbons (Fsp3) is 0.389. The van der Waals surface area contributed by atoms with E-state index in [1.54, 1.807) is 55.6 Å². The molecule has 290 valence electrons. The summed E-state index contributed by atoms with van der Waals surface area (Å²) >= 11 is 0. The van der Waals surface area contributed by atoms with Gasteiger partial charge in [0.25, 0.3) is 5.91 Å². The lowest BCUT2D eigenvalue weighted by molar-refractivity contribution is 0.0934. The molecule has 1 unspecified atom stereocenters. The van der Waals surface area contributed by atoms with Crippen LogP contribution in [-0.2, 0) is 13.5 Å². The Morgan fingerprint density at radius 1 is 0.679 bits per heavy atom. The van der Waals surface area contributed by atoms with Crippen molar-refractivity contribution in [1.82, 2.24) is 69.9 Å². The first-order valence-electron chi connectivity index (χ1n) is 17.7. The summed E-state index contributed by atoms with van der Waals surface area (Å²) in [4.78, 5) is 51.7. The van der Waals surface area contributed by atoms with Crippen molar-refractivity contribution < 1.29 is 4.79 Å². The van der Waals surface area contributed by atoms with Crippen molar-refractivity contribution >= 4 is 23.8 Å². The van der Waals surface area contributed by atoms with Gasteiger partial charge in [-0.1, -0.05) is 69.2 Å². The van der Waals surface area contributed by atoms with Crippen LogP contribution in [0.15, 0.2) is 105 Å². The van der Waals surface area contributed by atoms with Crippen molar-refractivity contribution in [3.63, 3.8) is 0 Å². The Labute approximate surface area is 315 Å². The summed E-state index contributed by atoms with van der Waals surface area (Å²) < 4.78 is 1.89. The second-order valence-electron chi connectivity index (χ2n) is 8.04. The second-order valence-corrected chi connectivity index (χ2v) is 8.04. The highest BCUT2D eigenvalue weighted by Crippen LogP contribution is 2.17. The number of aromatic nitrogens is 13. The highest BCUT2D eigenvalue weighted by Gasteiger charge is 2.22. The standard InChI is InChI=1S/C6H8N4O.C6H5N3.C4H6N2.2C4H4N2.C2H3N3.5C2H6/c1-3-9-5-4(6(11)10-3)7-2-8-5;1-2-8-6-5(1)3-7-4-9-6;1-6-3-2-5-4-6;2*1-2-5-4-6-3-1;1-3-2-5-4-1;5*1-2/h2-3,9H,1H3,(H,7,8)(H,10,11);2-4H,1H2;2-4H,1H3;2*1-4H;1-2H,(H,3,4,5);5*1-2H3. The van der Waals surface area contributed by atoms with E-state index in [-0.39, 0.29) is 12.1 Å². The molecule has 8 rings (SSSR count). The van der Waals surface area contributed by atoms with Crippen molar-refractivity contribution in [2.24, 2.45) is 12.0 Å². The minimum atomic E-state index is -0.108. The van der Waals surface area contributed by atoms with Crippen LogP contribution in [0, 0.1) is 0 Å². The minimum Gasteiger partial charge on any atom is -0.348 e. The number of carbonyl (C=O) groups excluding carboxylic acids is 1. The van der Waals surface area contributed by atoms with E-state index >= 15 is 0 Å². The van der Waals surface area contributed by atoms with Gasteiger partial charge in [-0.25, -0.2) is 49.8 Å². The second kappa shape index (κ2) is 40.2. The number of rotatable bonds is 0. The number of nitrogens with zero attached hydrogens (tertiary/aromatic N) is 12. The molecule has 0 bridgehead atoms. The van der Waals surface area contributed by atoms with E-state index < -0.39 is 0 Å². The van der Waals surface area contributed by atoms with Gasteiger partial charge in [-0.05, 0) is 19.1 Å². The summed E-state index contributed by atoms with van der Waals surface area (Å²) in [5, 5.41) is 11.7. The van der Waals surface area contributed by atoms with E-state index in [4.69, 9.17) is 0 Å². The van der Waals surface area contributed by atoms with Crippen LogP contribution in [0.4, 0.5) is 11.6 Å². The van der Waals surface area contributed by atoms with Crippen LogP contribution in [0.3, 0.4) is 0 Å². The average Bonchev–Trinajstić information content (AvgIpc) is 4.11. The first-order valence-corrected chi connectivity index (χ1v) is 17.7. The molecule has 0 saturated carbocycles. The number of nitrogens with one attached hydrogen (secondary N) is 4. The first kappa shape index (κ1) is 51.1. The topological polar surface area (TPSA) is 219 Å². The molecule has 0 aliphatic carbocycles. The number of aliphatic imine (C=N–C) groups is 1. The normalized spacial score (nSPS) is 11.0. The summed E-state index contributed by atoms with van der Waals surface area (Å²) in [6.45, 7) is 21.9. The molecule has 6 aromatic heterocycles. The van der Waals surface area contributed by atoms with Crippen LogP contribution in [0.5, 0.6) is 0 Å². The lowest BCUT2D eigenvalue weighted by Crippen LogP contribution is -2.42. The third-order valence-corrected chi connectivity index (χ3v) is 4.78. The van der Waals surface area contributed by atoms with E-state index in [0.29, 0.717) is 11.5 Å².